The zero-order valence-electron chi connectivity index (χ0n) is 17.4. The smallest absolute Gasteiger partial charge is 0.273 e. The molecule has 0 radical (unpaired) electrons. The number of benzene rings is 2. The highest BCUT2D eigenvalue weighted by Crippen LogP contribution is 2.26. The number of halogens is 3. The van der Waals surface area contributed by atoms with Gasteiger partial charge in [-0.05, 0) is 24.3 Å². The zero-order chi connectivity index (χ0) is 23.4. The summed E-state index contributed by atoms with van der Waals surface area (Å²) in [5.74, 6) is -1.80. The van der Waals surface area contributed by atoms with Crippen LogP contribution in [0.3, 0.4) is 0 Å². The first-order valence-corrected chi connectivity index (χ1v) is 10.6. The minimum atomic E-state index is -0.780. The van der Waals surface area contributed by atoms with Crippen LogP contribution in [0.5, 0.6) is 5.75 Å². The molecule has 11 heteroatoms. The van der Waals surface area contributed by atoms with E-state index >= 15 is 0 Å². The molecule has 2 aromatic carbocycles. The first-order valence-electron chi connectivity index (χ1n) is 10.2. The predicted molar refractivity (Wildman–Crippen MR) is 115 cm³/mol. The van der Waals surface area contributed by atoms with Crippen molar-refractivity contribution in [1.82, 2.24) is 25.2 Å². The lowest BCUT2D eigenvalue weighted by Crippen LogP contribution is -2.46. The lowest BCUT2D eigenvalue weighted by Gasteiger charge is -2.32. The highest BCUT2D eigenvalue weighted by molar-refractivity contribution is 6.32. The van der Waals surface area contributed by atoms with Gasteiger partial charge < -0.3 is 15.0 Å². The molecular formula is C22H20ClF2N5O3. The third kappa shape index (κ3) is 5.64. The highest BCUT2D eigenvalue weighted by Gasteiger charge is 2.25. The van der Waals surface area contributed by atoms with E-state index < -0.39 is 17.5 Å². The number of amides is 2. The number of hydrogen-bond donors (Lipinski definition) is 1. The Hall–Kier alpha value is -3.53. The van der Waals surface area contributed by atoms with Gasteiger partial charge in [-0.3, -0.25) is 9.59 Å². The van der Waals surface area contributed by atoms with Gasteiger partial charge in [-0.1, -0.05) is 28.9 Å². The average Bonchev–Trinajstić information content (AvgIpc) is 3.29. The number of rotatable bonds is 6. The maximum atomic E-state index is 13.4. The van der Waals surface area contributed by atoms with Crippen LogP contribution >= 0.6 is 11.6 Å². The van der Waals surface area contributed by atoms with Crippen molar-refractivity contribution in [3.63, 3.8) is 0 Å². The fourth-order valence-corrected chi connectivity index (χ4v) is 3.65. The quantitative estimate of drug-likeness (QED) is 0.592. The number of nitrogens with one attached hydrogen (secondary N) is 1. The third-order valence-electron chi connectivity index (χ3n) is 5.16. The van der Waals surface area contributed by atoms with Crippen LogP contribution in [-0.4, -0.2) is 57.4 Å². The number of piperidine rings is 1. The second kappa shape index (κ2) is 9.95. The molecular weight excluding hydrogens is 456 g/mol. The molecule has 4 rings (SSSR count). The van der Waals surface area contributed by atoms with Crippen molar-refractivity contribution >= 4 is 23.4 Å². The van der Waals surface area contributed by atoms with Crippen LogP contribution in [0.4, 0.5) is 8.78 Å². The van der Waals surface area contributed by atoms with E-state index in [4.69, 9.17) is 16.3 Å². The molecule has 0 aliphatic carbocycles. The topological polar surface area (TPSA) is 89.4 Å². The summed E-state index contributed by atoms with van der Waals surface area (Å²) in [5.41, 5.74) is -0.00340. The Kier molecular flexibility index (Phi) is 6.83. The van der Waals surface area contributed by atoms with E-state index in [-0.39, 0.29) is 29.9 Å². The van der Waals surface area contributed by atoms with Crippen molar-refractivity contribution in [2.45, 2.75) is 18.9 Å². The van der Waals surface area contributed by atoms with Gasteiger partial charge in [-0.15, -0.1) is 5.10 Å². The number of carbonyl (C=O) groups excluding carboxylic acids is 2. The van der Waals surface area contributed by atoms with Gasteiger partial charge >= 0.3 is 0 Å². The molecule has 0 saturated carbocycles. The number of carbonyl (C=O) groups is 2. The largest absolute Gasteiger partial charge is 0.489 e. The van der Waals surface area contributed by atoms with Crippen LogP contribution in [0.25, 0.3) is 5.69 Å². The van der Waals surface area contributed by atoms with E-state index in [2.05, 4.69) is 15.6 Å². The number of likely N-dealkylation sites (tertiary alicyclic amines) is 1. The minimum absolute atomic E-state index is 0.0498. The van der Waals surface area contributed by atoms with Gasteiger partial charge in [0.2, 0.25) is 5.91 Å². The van der Waals surface area contributed by atoms with E-state index in [1.54, 1.807) is 17.0 Å². The number of hydrogen-bond acceptors (Lipinski definition) is 5. The average molecular weight is 476 g/mol. The van der Waals surface area contributed by atoms with Gasteiger partial charge in [0, 0.05) is 32.0 Å². The molecule has 1 saturated heterocycles. The molecule has 0 bridgehead atoms. The van der Waals surface area contributed by atoms with Crippen molar-refractivity contribution in [2.75, 3.05) is 19.6 Å². The summed E-state index contributed by atoms with van der Waals surface area (Å²) in [5, 5.41) is 10.5. The fraction of sp³-hybridized carbons (Fsp3) is 0.273. The lowest BCUT2D eigenvalue weighted by molar-refractivity contribution is -0.131. The van der Waals surface area contributed by atoms with Crippen LogP contribution in [0.15, 0.2) is 48.7 Å². The van der Waals surface area contributed by atoms with E-state index in [0.29, 0.717) is 36.7 Å². The van der Waals surface area contributed by atoms with Crippen molar-refractivity contribution < 1.29 is 23.1 Å². The molecule has 1 fully saturated rings. The Bertz CT molecular complexity index is 1140. The molecule has 3 aromatic rings. The summed E-state index contributed by atoms with van der Waals surface area (Å²) in [6.07, 6.45) is 2.46. The van der Waals surface area contributed by atoms with E-state index in [1.165, 1.54) is 6.20 Å². The van der Waals surface area contributed by atoms with Gasteiger partial charge in [0.25, 0.3) is 5.91 Å². The maximum absolute atomic E-state index is 13.4. The maximum Gasteiger partial charge on any atom is 0.273 e. The van der Waals surface area contributed by atoms with Crippen LogP contribution in [0, 0.1) is 11.6 Å². The second-order valence-electron chi connectivity index (χ2n) is 7.49. The first kappa shape index (κ1) is 22.7. The van der Waals surface area contributed by atoms with Gasteiger partial charge in [0.05, 0.1) is 23.5 Å². The van der Waals surface area contributed by atoms with Crippen molar-refractivity contribution in [1.29, 1.82) is 0 Å². The molecule has 2 amide bonds. The summed E-state index contributed by atoms with van der Waals surface area (Å²) in [4.78, 5) is 26.5. The van der Waals surface area contributed by atoms with Crippen molar-refractivity contribution in [3.8, 4) is 11.4 Å². The molecule has 2 heterocycles. The monoisotopic (exact) mass is 475 g/mol. The normalized spacial score (nSPS) is 14.2. The van der Waals surface area contributed by atoms with E-state index in [1.807, 2.05) is 12.1 Å². The molecule has 1 aliphatic rings. The minimum Gasteiger partial charge on any atom is -0.489 e. The Morgan fingerprint density at radius 2 is 1.82 bits per heavy atom. The summed E-state index contributed by atoms with van der Waals surface area (Å²) < 4.78 is 33.8. The van der Waals surface area contributed by atoms with Crippen LogP contribution < -0.4 is 10.1 Å². The molecule has 8 nitrogen and oxygen atoms in total. The van der Waals surface area contributed by atoms with Gasteiger partial charge in [0.1, 0.15) is 23.5 Å². The Morgan fingerprint density at radius 3 is 2.52 bits per heavy atom. The molecule has 0 unspecified atom stereocenters. The van der Waals surface area contributed by atoms with E-state index in [9.17, 15) is 18.4 Å². The van der Waals surface area contributed by atoms with Gasteiger partial charge in [0.15, 0.2) is 5.69 Å². The Morgan fingerprint density at radius 1 is 1.12 bits per heavy atom. The van der Waals surface area contributed by atoms with E-state index in [0.717, 1.165) is 22.9 Å². The molecule has 1 aromatic heterocycles. The van der Waals surface area contributed by atoms with Crippen molar-refractivity contribution in [2.24, 2.45) is 0 Å². The molecule has 172 valence electrons. The number of aromatic nitrogens is 3. The number of nitrogens with zero attached hydrogens (tertiary/aromatic N) is 4. The second-order valence-corrected chi connectivity index (χ2v) is 7.89. The number of para-hydroxylation sites is 1. The summed E-state index contributed by atoms with van der Waals surface area (Å²) in [6.45, 7) is 0.770. The molecule has 0 atom stereocenters. The standard InChI is InChI=1S/C22H20ClF2N5O3/c23-18-3-1-2-4-20(18)33-17-5-7-29(8-6-17)21(31)12-26-22(32)19-13-30(28-27-19)16-10-14(24)9-15(25)11-16/h1-4,9-11,13,17H,5-8,12H2,(H,26,32). The van der Waals surface area contributed by atoms with Gasteiger partial charge in [-0.2, -0.15) is 0 Å². The molecule has 0 spiro atoms. The summed E-state index contributed by atoms with van der Waals surface area (Å²) in [7, 11) is 0. The van der Waals surface area contributed by atoms with Crippen molar-refractivity contribution in [3.05, 3.63) is 71.0 Å². The lowest BCUT2D eigenvalue weighted by atomic mass is 10.1. The highest BCUT2D eigenvalue weighted by atomic mass is 35.5. The SMILES string of the molecule is O=C(NCC(=O)N1CCC(Oc2ccccc2Cl)CC1)c1cn(-c2cc(F)cc(F)c2)nn1. The van der Waals surface area contributed by atoms with Crippen LogP contribution in [0.1, 0.15) is 23.3 Å². The molecule has 1 aliphatic heterocycles. The van der Waals surface area contributed by atoms with Crippen LogP contribution in [0.2, 0.25) is 5.02 Å². The zero-order valence-corrected chi connectivity index (χ0v) is 18.1. The predicted octanol–water partition coefficient (Wildman–Crippen LogP) is 3.00. The molecule has 33 heavy (non-hydrogen) atoms. The van der Waals surface area contributed by atoms with Gasteiger partial charge in [-0.25, -0.2) is 13.5 Å². The number of ether oxygens (including phenoxy) is 1. The molecule has 1 N–H and O–H groups in total. The Labute approximate surface area is 193 Å². The summed E-state index contributed by atoms with van der Waals surface area (Å²) in [6, 6.07) is 10.1. The third-order valence-corrected chi connectivity index (χ3v) is 5.48. The Balaban J connectivity index is 1.26. The van der Waals surface area contributed by atoms with Crippen LogP contribution in [-0.2, 0) is 4.79 Å². The summed E-state index contributed by atoms with van der Waals surface area (Å²) >= 11 is 6.12. The first-order chi connectivity index (χ1) is 15.9. The fourth-order valence-electron chi connectivity index (χ4n) is 3.47.